The van der Waals surface area contributed by atoms with Gasteiger partial charge in [-0.25, -0.2) is 4.79 Å². The van der Waals surface area contributed by atoms with Crippen LogP contribution in [0, 0.1) is 5.92 Å². The van der Waals surface area contributed by atoms with Crippen molar-refractivity contribution in [2.75, 3.05) is 6.61 Å². The van der Waals surface area contributed by atoms with Gasteiger partial charge in [0.25, 0.3) is 0 Å². The first-order valence-corrected chi connectivity index (χ1v) is 8.21. The smallest absolute Gasteiger partial charge is 0.315 e. The summed E-state index contributed by atoms with van der Waals surface area (Å²) in [6, 6.07) is 3.82. The largest absolute Gasteiger partial charge is 0.396 e. The van der Waals surface area contributed by atoms with Crippen LogP contribution in [-0.4, -0.2) is 23.8 Å². The van der Waals surface area contributed by atoms with E-state index in [0.717, 1.165) is 34.9 Å². The molecule has 1 saturated carbocycles. The van der Waals surface area contributed by atoms with Crippen molar-refractivity contribution >= 4 is 29.0 Å². The Balaban J connectivity index is 1.75. The number of rotatable bonds is 4. The zero-order chi connectivity index (χ0) is 14.5. The Morgan fingerprint density at radius 2 is 2.15 bits per heavy atom. The highest BCUT2D eigenvalue weighted by Gasteiger charge is 2.22. The SMILES string of the molecule is CC(NC(=O)NC1CCC(CO)CC1)c1ccc(Cl)s1. The van der Waals surface area contributed by atoms with Crippen LogP contribution >= 0.6 is 22.9 Å². The van der Waals surface area contributed by atoms with Crippen LogP contribution < -0.4 is 10.6 Å². The molecule has 3 N–H and O–H groups in total. The van der Waals surface area contributed by atoms with E-state index in [-0.39, 0.29) is 24.7 Å². The molecular weight excluding hydrogens is 296 g/mol. The molecule has 2 amide bonds. The number of halogens is 1. The summed E-state index contributed by atoms with van der Waals surface area (Å²) in [6.45, 7) is 2.21. The van der Waals surface area contributed by atoms with Crippen LogP contribution in [0.1, 0.15) is 43.5 Å². The Labute approximate surface area is 128 Å². The Bertz CT molecular complexity index is 444. The summed E-state index contributed by atoms with van der Waals surface area (Å²) in [5.74, 6) is 0.406. The normalized spacial score (nSPS) is 24.1. The number of nitrogens with one attached hydrogen (secondary N) is 2. The highest BCUT2D eigenvalue weighted by Crippen LogP contribution is 2.27. The van der Waals surface area contributed by atoms with Crippen LogP contribution in [0.15, 0.2) is 12.1 Å². The predicted octanol–water partition coefficient (Wildman–Crippen LogP) is 3.31. The number of carbonyl (C=O) groups excluding carboxylic acids is 1. The zero-order valence-electron chi connectivity index (χ0n) is 11.6. The van der Waals surface area contributed by atoms with Crippen LogP contribution in [-0.2, 0) is 0 Å². The Morgan fingerprint density at radius 1 is 1.45 bits per heavy atom. The summed E-state index contributed by atoms with van der Waals surface area (Å²) >= 11 is 7.38. The minimum absolute atomic E-state index is 0.0405. The molecule has 1 aromatic rings. The Hall–Kier alpha value is -0.780. The number of aliphatic hydroxyl groups is 1. The summed E-state index contributed by atoms with van der Waals surface area (Å²) in [4.78, 5) is 13.0. The third kappa shape index (κ3) is 4.36. The molecule has 6 heteroatoms. The second kappa shape index (κ2) is 7.29. The molecule has 0 aromatic carbocycles. The fourth-order valence-electron chi connectivity index (χ4n) is 2.55. The lowest BCUT2D eigenvalue weighted by molar-refractivity contribution is 0.174. The van der Waals surface area contributed by atoms with Crippen molar-refractivity contribution in [1.82, 2.24) is 10.6 Å². The molecular formula is C14H21ClN2O2S. The highest BCUT2D eigenvalue weighted by atomic mass is 35.5. The number of urea groups is 1. The first-order chi connectivity index (χ1) is 9.58. The maximum absolute atomic E-state index is 12.0. The van der Waals surface area contributed by atoms with Crippen molar-refractivity contribution in [1.29, 1.82) is 0 Å². The molecule has 4 nitrogen and oxygen atoms in total. The van der Waals surface area contributed by atoms with E-state index < -0.39 is 0 Å². The molecule has 2 rings (SSSR count). The van der Waals surface area contributed by atoms with Gasteiger partial charge in [-0.1, -0.05) is 11.6 Å². The average molecular weight is 317 g/mol. The molecule has 0 radical (unpaired) electrons. The van der Waals surface area contributed by atoms with Crippen molar-refractivity contribution in [3.05, 3.63) is 21.3 Å². The standard InChI is InChI=1S/C14H21ClN2O2S/c1-9(12-6-7-13(15)20-12)16-14(19)17-11-4-2-10(8-18)3-5-11/h6-7,9-11,18H,2-5,8H2,1H3,(H2,16,17,19). The molecule has 1 aromatic heterocycles. The van der Waals surface area contributed by atoms with E-state index in [1.54, 1.807) is 0 Å². The van der Waals surface area contributed by atoms with Gasteiger partial charge in [0, 0.05) is 17.5 Å². The van der Waals surface area contributed by atoms with E-state index >= 15 is 0 Å². The minimum atomic E-state index is -0.130. The molecule has 1 unspecified atom stereocenters. The summed E-state index contributed by atoms with van der Waals surface area (Å²) < 4.78 is 0.733. The molecule has 1 aliphatic carbocycles. The third-order valence-electron chi connectivity index (χ3n) is 3.81. The number of amides is 2. The average Bonchev–Trinajstić information content (AvgIpc) is 2.86. The van der Waals surface area contributed by atoms with Gasteiger partial charge in [0.1, 0.15) is 0 Å². The molecule has 0 bridgehead atoms. The van der Waals surface area contributed by atoms with Crippen molar-refractivity contribution in [2.24, 2.45) is 5.92 Å². The summed E-state index contributed by atoms with van der Waals surface area (Å²) in [5.41, 5.74) is 0. The monoisotopic (exact) mass is 316 g/mol. The fourth-order valence-corrected chi connectivity index (χ4v) is 3.61. The van der Waals surface area contributed by atoms with Gasteiger partial charge in [-0.05, 0) is 50.7 Å². The molecule has 112 valence electrons. The van der Waals surface area contributed by atoms with Gasteiger partial charge < -0.3 is 15.7 Å². The molecule has 0 spiro atoms. The van der Waals surface area contributed by atoms with Gasteiger partial charge in [-0.2, -0.15) is 0 Å². The molecule has 1 atom stereocenters. The molecule has 0 aliphatic heterocycles. The second-order valence-corrected chi connectivity index (χ2v) is 7.13. The van der Waals surface area contributed by atoms with Crippen molar-refractivity contribution < 1.29 is 9.90 Å². The van der Waals surface area contributed by atoms with Crippen LogP contribution in [0.4, 0.5) is 4.79 Å². The first kappa shape index (κ1) is 15.6. The van der Waals surface area contributed by atoms with E-state index in [0.29, 0.717) is 5.92 Å². The lowest BCUT2D eigenvalue weighted by atomic mass is 9.87. The molecule has 1 fully saturated rings. The third-order valence-corrected chi connectivity index (χ3v) is 5.22. The van der Waals surface area contributed by atoms with E-state index in [4.69, 9.17) is 16.7 Å². The number of carbonyl (C=O) groups is 1. The quantitative estimate of drug-likeness (QED) is 0.798. The minimum Gasteiger partial charge on any atom is -0.396 e. The molecule has 0 saturated heterocycles. The lowest BCUT2D eigenvalue weighted by Crippen LogP contribution is -2.44. The highest BCUT2D eigenvalue weighted by molar-refractivity contribution is 7.16. The summed E-state index contributed by atoms with van der Waals surface area (Å²) in [5, 5.41) is 15.0. The predicted molar refractivity (Wildman–Crippen MR) is 82.2 cm³/mol. The molecule has 1 aliphatic rings. The Kier molecular flexibility index (Phi) is 5.69. The van der Waals surface area contributed by atoms with Crippen molar-refractivity contribution in [3.63, 3.8) is 0 Å². The molecule has 20 heavy (non-hydrogen) atoms. The second-order valence-electron chi connectivity index (χ2n) is 5.38. The van der Waals surface area contributed by atoms with Gasteiger partial charge in [0.05, 0.1) is 10.4 Å². The Morgan fingerprint density at radius 3 is 2.70 bits per heavy atom. The van der Waals surface area contributed by atoms with Gasteiger partial charge in [0.2, 0.25) is 0 Å². The van der Waals surface area contributed by atoms with Crippen LogP contribution in [0.25, 0.3) is 0 Å². The summed E-state index contributed by atoms with van der Waals surface area (Å²) in [7, 11) is 0. The maximum Gasteiger partial charge on any atom is 0.315 e. The lowest BCUT2D eigenvalue weighted by Gasteiger charge is -2.28. The first-order valence-electron chi connectivity index (χ1n) is 7.01. The topological polar surface area (TPSA) is 61.4 Å². The van der Waals surface area contributed by atoms with Crippen LogP contribution in [0.3, 0.4) is 0 Å². The van der Waals surface area contributed by atoms with Crippen LogP contribution in [0.2, 0.25) is 4.34 Å². The fraction of sp³-hybridized carbons (Fsp3) is 0.643. The van der Waals surface area contributed by atoms with E-state index in [1.807, 2.05) is 19.1 Å². The number of aliphatic hydroxyl groups excluding tert-OH is 1. The van der Waals surface area contributed by atoms with Crippen molar-refractivity contribution in [2.45, 2.75) is 44.7 Å². The van der Waals surface area contributed by atoms with Gasteiger partial charge >= 0.3 is 6.03 Å². The van der Waals surface area contributed by atoms with E-state index in [2.05, 4.69) is 10.6 Å². The number of thiophene rings is 1. The molecule has 1 heterocycles. The maximum atomic E-state index is 12.0. The number of hydrogen-bond acceptors (Lipinski definition) is 3. The number of hydrogen-bond donors (Lipinski definition) is 3. The van der Waals surface area contributed by atoms with Gasteiger partial charge in [-0.15, -0.1) is 11.3 Å². The van der Waals surface area contributed by atoms with Crippen molar-refractivity contribution in [3.8, 4) is 0 Å². The zero-order valence-corrected chi connectivity index (χ0v) is 13.1. The van der Waals surface area contributed by atoms with E-state index in [1.165, 1.54) is 11.3 Å². The summed E-state index contributed by atoms with van der Waals surface area (Å²) in [6.07, 6.45) is 3.85. The van der Waals surface area contributed by atoms with Gasteiger partial charge in [0.15, 0.2) is 0 Å². The van der Waals surface area contributed by atoms with Gasteiger partial charge in [-0.3, -0.25) is 0 Å². The van der Waals surface area contributed by atoms with E-state index in [9.17, 15) is 4.79 Å². The van der Waals surface area contributed by atoms with Crippen LogP contribution in [0.5, 0.6) is 0 Å².